The number of aliphatic hydroxyl groups excluding tert-OH is 1. The third kappa shape index (κ3) is 28.4. The highest BCUT2D eigenvalue weighted by molar-refractivity contribution is 6.48. The maximum Gasteiger partial charge on any atom is 0.397 e. The second-order valence-corrected chi connectivity index (χ2v) is 8.73. The van der Waals surface area contributed by atoms with Crippen molar-refractivity contribution in [1.82, 2.24) is 20.9 Å². The first-order valence-electron chi connectivity index (χ1n) is 14.8. The maximum absolute atomic E-state index is 9.69. The molecule has 1 heterocycles. The zero-order chi connectivity index (χ0) is 34.1. The number of para-hydroxylation sites is 1. The molecule has 0 saturated carbocycles. The fourth-order valence-corrected chi connectivity index (χ4v) is 2.64. The average Bonchev–Trinajstić information content (AvgIpc) is 3.03. The van der Waals surface area contributed by atoms with E-state index in [2.05, 4.69) is 68.4 Å². The smallest absolute Gasteiger partial charge is 0.397 e. The average molecular weight is 590 g/mol. The summed E-state index contributed by atoms with van der Waals surface area (Å²) < 4.78 is 0. The number of hydrogen-bond donors (Lipinski definition) is 6. The van der Waals surface area contributed by atoms with E-state index in [1.165, 1.54) is 12.8 Å². The molecule has 2 rings (SSSR count). The van der Waals surface area contributed by atoms with E-state index in [9.17, 15) is 5.02 Å². The van der Waals surface area contributed by atoms with Crippen molar-refractivity contribution in [3.63, 3.8) is 0 Å². The van der Waals surface area contributed by atoms with Gasteiger partial charge in [0.05, 0.1) is 23.5 Å². The Morgan fingerprint density at radius 1 is 0.976 bits per heavy atom. The van der Waals surface area contributed by atoms with E-state index in [1.54, 1.807) is 0 Å². The van der Waals surface area contributed by atoms with Crippen molar-refractivity contribution in [1.29, 1.82) is 0 Å². The molecule has 1 unspecified atom stereocenters. The molecule has 0 aliphatic heterocycles. The van der Waals surface area contributed by atoms with Gasteiger partial charge in [-0.25, -0.2) is 4.98 Å². The molecule has 0 aliphatic carbocycles. The van der Waals surface area contributed by atoms with Gasteiger partial charge in [-0.05, 0) is 37.1 Å². The van der Waals surface area contributed by atoms with Crippen LogP contribution < -0.4 is 21.6 Å². The Morgan fingerprint density at radius 3 is 1.86 bits per heavy atom. The molecular weight excluding hydrogens is 525 g/mol. The second kappa shape index (κ2) is 35.9. The van der Waals surface area contributed by atoms with Crippen LogP contribution in [0, 0.1) is 5.92 Å². The minimum atomic E-state index is -0.926. The van der Waals surface area contributed by atoms with Crippen LogP contribution in [0.25, 0.3) is 16.6 Å². The lowest BCUT2D eigenvalue weighted by atomic mass is 9.71. The van der Waals surface area contributed by atoms with Crippen LogP contribution in [-0.4, -0.2) is 55.6 Å². The van der Waals surface area contributed by atoms with Crippen molar-refractivity contribution in [3.8, 4) is 0 Å². The molecule has 1 aromatic carbocycles. The number of nitrogens with zero attached hydrogens (tertiary/aromatic N) is 1. The minimum Gasteiger partial charge on any atom is -0.436 e. The van der Waals surface area contributed by atoms with Gasteiger partial charge in [0.2, 0.25) is 0 Å². The van der Waals surface area contributed by atoms with E-state index in [-0.39, 0.29) is 5.94 Å². The van der Waals surface area contributed by atoms with E-state index in [0.29, 0.717) is 12.5 Å². The molecule has 42 heavy (non-hydrogen) atoms. The Kier molecular flexibility index (Phi) is 41.5. The highest BCUT2D eigenvalue weighted by Crippen LogP contribution is 2.15. The van der Waals surface area contributed by atoms with Gasteiger partial charge in [-0.15, -0.1) is 0 Å². The van der Waals surface area contributed by atoms with Crippen LogP contribution in [0.3, 0.4) is 0 Å². The van der Waals surface area contributed by atoms with Crippen molar-refractivity contribution in [2.45, 2.75) is 87.5 Å². The van der Waals surface area contributed by atoms with Crippen molar-refractivity contribution in [3.05, 3.63) is 73.2 Å². The summed E-state index contributed by atoms with van der Waals surface area (Å²) in [6.45, 7) is 32.5. The second-order valence-electron chi connectivity index (χ2n) is 8.73. The molecule has 1 aromatic heterocycles. The van der Waals surface area contributed by atoms with Crippen LogP contribution >= 0.6 is 0 Å². The Bertz CT molecular complexity index is 906. The summed E-state index contributed by atoms with van der Waals surface area (Å²) in [4.78, 5) is 12.6. The van der Waals surface area contributed by atoms with Crippen LogP contribution in [-0.2, 0) is 4.79 Å². The number of aliphatic hydroxyl groups is 1. The molecule has 8 nitrogen and oxygen atoms in total. The number of nitrogens with one attached hydrogen (secondary N) is 3. The van der Waals surface area contributed by atoms with E-state index in [1.807, 2.05) is 84.9 Å². The van der Waals surface area contributed by atoms with Gasteiger partial charge >= 0.3 is 7.05 Å². The van der Waals surface area contributed by atoms with Gasteiger partial charge in [0.1, 0.15) is 6.79 Å². The lowest BCUT2D eigenvalue weighted by Crippen LogP contribution is -2.50. The lowest BCUT2D eigenvalue weighted by Gasteiger charge is -2.23. The van der Waals surface area contributed by atoms with Gasteiger partial charge in [-0.2, -0.15) is 0 Å². The largest absolute Gasteiger partial charge is 0.436 e. The first kappa shape index (κ1) is 48.6. The summed E-state index contributed by atoms with van der Waals surface area (Å²) >= 11 is 0. The van der Waals surface area contributed by atoms with E-state index < -0.39 is 7.05 Å². The molecule has 9 heteroatoms. The minimum absolute atomic E-state index is 0.221. The van der Waals surface area contributed by atoms with Gasteiger partial charge < -0.3 is 36.5 Å². The Morgan fingerprint density at radius 2 is 1.45 bits per heavy atom. The first-order valence-corrected chi connectivity index (χ1v) is 14.8. The molecule has 7 N–H and O–H groups in total. The highest BCUT2D eigenvalue weighted by Gasteiger charge is 2.22. The van der Waals surface area contributed by atoms with Crippen LogP contribution in [0.1, 0.15) is 87.3 Å². The number of benzene rings is 1. The number of aromatic nitrogens is 1. The monoisotopic (exact) mass is 590 g/mol. The van der Waals surface area contributed by atoms with Crippen LogP contribution in [0.4, 0.5) is 0 Å². The molecule has 2 aromatic rings. The maximum atomic E-state index is 9.69. The normalized spacial score (nSPS) is 9.21. The number of nitrogens with two attached hydrogens (primary N) is 1. The van der Waals surface area contributed by atoms with E-state index in [4.69, 9.17) is 15.5 Å². The summed E-state index contributed by atoms with van der Waals surface area (Å²) in [5.74, 6) is 0.203. The Hall–Kier alpha value is -3.14. The molecule has 0 amide bonds. The third-order valence-electron chi connectivity index (χ3n) is 4.88. The number of allylic oxidation sites excluding steroid dienone is 1. The van der Waals surface area contributed by atoms with Crippen molar-refractivity contribution >= 4 is 30.4 Å². The van der Waals surface area contributed by atoms with Gasteiger partial charge in [0.15, 0.2) is 0 Å². The molecule has 242 valence electrons. The first-order chi connectivity index (χ1) is 20.0. The molecular formula is C33H64BN5O3. The fraction of sp³-hybridized carbons (Fsp3) is 0.515. The van der Waals surface area contributed by atoms with E-state index >= 15 is 0 Å². The van der Waals surface area contributed by atoms with E-state index in [0.717, 1.165) is 47.2 Å². The number of hydrogen-bond acceptors (Lipinski definition) is 8. The topological polar surface area (TPSA) is 133 Å². The number of fused-ring (bicyclic) bond motifs is 1. The predicted molar refractivity (Wildman–Crippen MR) is 189 cm³/mol. The number of rotatable bonds is 11. The summed E-state index contributed by atoms with van der Waals surface area (Å²) in [7, 11) is 1.92. The Labute approximate surface area is 259 Å². The van der Waals surface area contributed by atoms with Crippen LogP contribution in [0.2, 0.25) is 0 Å². The van der Waals surface area contributed by atoms with Gasteiger partial charge in [0.25, 0.3) is 0 Å². The van der Waals surface area contributed by atoms with Gasteiger partial charge in [-0.1, -0.05) is 112 Å². The number of carbonyl (C=O) groups excluding carboxylic acids is 1. The molecule has 0 aliphatic rings. The van der Waals surface area contributed by atoms with Crippen LogP contribution in [0.5, 0.6) is 0 Å². The lowest BCUT2D eigenvalue weighted by molar-refractivity contribution is -0.0980. The molecule has 0 spiro atoms. The third-order valence-corrected chi connectivity index (χ3v) is 4.88. The molecule has 0 fully saturated rings. The van der Waals surface area contributed by atoms with Crippen molar-refractivity contribution in [2.24, 2.45) is 11.6 Å². The van der Waals surface area contributed by atoms with Gasteiger partial charge in [-0.3, -0.25) is 0 Å². The zero-order valence-electron chi connectivity index (χ0n) is 28.7. The summed E-state index contributed by atoms with van der Waals surface area (Å²) in [6, 6.07) is 11.9. The number of unbranched alkanes of at least 4 members (excludes halogenated alkanes) is 1. The van der Waals surface area contributed by atoms with Crippen molar-refractivity contribution < 1.29 is 14.9 Å². The standard InChI is InChI=1S/C19H27BN4O.C4H9N.C4H10.2C2H6.CH4O.CH2O/c1-13(2)11-19(20(21)25)23-14(3)12-22-15(4)17-10-9-16-7-5-6-8-18(16)24-17;1-4(2)5-3;1-3-4-2;4*1-2/h5-10,13,19,22-23,25H,3-4,11-12,21H2,1-2H3;5H,1H2,2-3H3;3-4H2,1-2H3;2*1-2H3;2H,1H3;1H2. The molecule has 0 radical (unpaired) electrons. The highest BCUT2D eigenvalue weighted by atomic mass is 16.2. The molecule has 0 bridgehead atoms. The summed E-state index contributed by atoms with van der Waals surface area (Å²) in [5, 5.41) is 27.0. The fourth-order valence-electron chi connectivity index (χ4n) is 2.64. The Balaban J connectivity index is -0.000000224. The number of carbonyl (C=O) groups is 1. The SMILES string of the molecule is C=C(C)NC.C=C(CNC(=C)c1ccc2ccccc2n1)NC(CC(C)C)B(N)O.C=O.CC.CC.CCCC.CO. The quantitative estimate of drug-likeness (QED) is 0.168. The van der Waals surface area contributed by atoms with Crippen LogP contribution in [0.15, 0.2) is 67.5 Å². The summed E-state index contributed by atoms with van der Waals surface area (Å²) in [5.41, 5.74) is 9.84. The zero-order valence-corrected chi connectivity index (χ0v) is 28.7. The predicted octanol–water partition coefficient (Wildman–Crippen LogP) is 6.31. The summed E-state index contributed by atoms with van der Waals surface area (Å²) in [6.07, 6.45) is 3.41. The number of pyridine rings is 1. The molecule has 0 saturated heterocycles. The van der Waals surface area contributed by atoms with Gasteiger partial charge in [0, 0.05) is 31.2 Å². The molecule has 1 atom stereocenters. The van der Waals surface area contributed by atoms with Crippen molar-refractivity contribution in [2.75, 3.05) is 20.7 Å².